The molecule has 1 aromatic carbocycles. The van der Waals surface area contributed by atoms with E-state index in [1.807, 2.05) is 44.2 Å². The molecule has 0 amide bonds. The highest BCUT2D eigenvalue weighted by atomic mass is 16.2. The zero-order valence-electron chi connectivity index (χ0n) is 14.4. The Hall–Kier alpha value is -3.16. The molecule has 0 fully saturated rings. The average Bonchev–Trinajstić information content (AvgIpc) is 2.97. The molecule has 8 heteroatoms. The first kappa shape index (κ1) is 16.7. The summed E-state index contributed by atoms with van der Waals surface area (Å²) in [4.78, 5) is 31.0. The van der Waals surface area contributed by atoms with E-state index in [0.717, 1.165) is 17.7 Å². The molecule has 0 unspecified atom stereocenters. The number of fused-ring (bicyclic) bond motifs is 1. The fraction of sp³-hybridized carbons (Fsp3) is 0.294. The van der Waals surface area contributed by atoms with E-state index in [1.54, 1.807) is 11.6 Å². The van der Waals surface area contributed by atoms with Crippen LogP contribution in [0.2, 0.25) is 0 Å². The second kappa shape index (κ2) is 6.76. The molecular formula is C17H20N6O2. The van der Waals surface area contributed by atoms with Crippen LogP contribution < -0.4 is 16.7 Å². The molecule has 0 aliphatic heterocycles. The third-order valence-electron chi connectivity index (χ3n) is 4.05. The van der Waals surface area contributed by atoms with E-state index in [4.69, 9.17) is 0 Å². The standard InChI is InChI=1S/C17H20N6O2/c1-4-11(2)20-21-16-18-14-13(15(24)19-17(25)22(14)3)23(16)10-12-8-6-5-7-9-12/h5-9H,4,10H2,1-3H3,(H,18,21)(H,19,24,25)/b20-11-. The Labute approximate surface area is 143 Å². The van der Waals surface area contributed by atoms with Crippen LogP contribution in [-0.4, -0.2) is 24.8 Å². The highest BCUT2D eigenvalue weighted by molar-refractivity contribution is 5.82. The number of aromatic amines is 1. The lowest BCUT2D eigenvalue weighted by molar-refractivity contribution is 0.808. The van der Waals surface area contributed by atoms with Gasteiger partial charge in [0.1, 0.15) is 0 Å². The summed E-state index contributed by atoms with van der Waals surface area (Å²) < 4.78 is 3.05. The molecule has 0 radical (unpaired) electrons. The fourth-order valence-electron chi connectivity index (χ4n) is 2.46. The first-order valence-electron chi connectivity index (χ1n) is 8.04. The van der Waals surface area contributed by atoms with Crippen molar-refractivity contribution in [1.29, 1.82) is 0 Å². The summed E-state index contributed by atoms with van der Waals surface area (Å²) in [5.74, 6) is 0.415. The fourth-order valence-corrected chi connectivity index (χ4v) is 2.46. The van der Waals surface area contributed by atoms with Crippen LogP contribution in [0.1, 0.15) is 25.8 Å². The number of nitrogens with zero attached hydrogens (tertiary/aromatic N) is 4. The van der Waals surface area contributed by atoms with Gasteiger partial charge in [-0.1, -0.05) is 37.3 Å². The van der Waals surface area contributed by atoms with E-state index < -0.39 is 11.2 Å². The van der Waals surface area contributed by atoms with Crippen molar-refractivity contribution in [2.75, 3.05) is 5.43 Å². The smallest absolute Gasteiger partial charge is 0.298 e. The second-order valence-corrected chi connectivity index (χ2v) is 5.81. The number of hydrazone groups is 1. The summed E-state index contributed by atoms with van der Waals surface area (Å²) in [7, 11) is 1.57. The molecule has 0 atom stereocenters. The SMILES string of the molecule is CC/C(C)=N\Nc1nc2c(c(=O)[nH]c(=O)n2C)n1Cc1ccccc1. The first-order valence-corrected chi connectivity index (χ1v) is 8.04. The predicted molar refractivity (Wildman–Crippen MR) is 98.2 cm³/mol. The van der Waals surface area contributed by atoms with Crippen LogP contribution in [0.3, 0.4) is 0 Å². The molecule has 0 spiro atoms. The van der Waals surface area contributed by atoms with Crippen LogP contribution in [0.4, 0.5) is 5.95 Å². The minimum absolute atomic E-state index is 0.316. The lowest BCUT2D eigenvalue weighted by atomic mass is 10.2. The van der Waals surface area contributed by atoms with Gasteiger partial charge >= 0.3 is 5.69 Å². The van der Waals surface area contributed by atoms with Gasteiger partial charge in [0.05, 0.1) is 6.54 Å². The van der Waals surface area contributed by atoms with Crippen LogP contribution >= 0.6 is 0 Å². The lowest BCUT2D eigenvalue weighted by Crippen LogP contribution is -2.29. The number of aromatic nitrogens is 4. The number of benzene rings is 1. The molecule has 8 nitrogen and oxygen atoms in total. The van der Waals surface area contributed by atoms with Crippen LogP contribution in [0.15, 0.2) is 45.0 Å². The highest BCUT2D eigenvalue weighted by Gasteiger charge is 2.17. The van der Waals surface area contributed by atoms with E-state index >= 15 is 0 Å². The van der Waals surface area contributed by atoms with Gasteiger partial charge in [0.15, 0.2) is 11.2 Å². The molecule has 0 aliphatic rings. The van der Waals surface area contributed by atoms with Crippen molar-refractivity contribution in [3.63, 3.8) is 0 Å². The summed E-state index contributed by atoms with van der Waals surface area (Å²) in [5, 5.41) is 4.28. The van der Waals surface area contributed by atoms with Crippen molar-refractivity contribution < 1.29 is 0 Å². The minimum Gasteiger partial charge on any atom is -0.298 e. The minimum atomic E-state index is -0.498. The Kier molecular flexibility index (Phi) is 4.51. The Morgan fingerprint density at radius 2 is 2.00 bits per heavy atom. The van der Waals surface area contributed by atoms with Gasteiger partial charge in [0.2, 0.25) is 5.95 Å². The second-order valence-electron chi connectivity index (χ2n) is 5.81. The quantitative estimate of drug-likeness (QED) is 0.545. The molecule has 3 aromatic rings. The number of hydrogen-bond donors (Lipinski definition) is 2. The summed E-state index contributed by atoms with van der Waals surface area (Å²) in [6, 6.07) is 9.72. The van der Waals surface area contributed by atoms with Gasteiger partial charge in [-0.2, -0.15) is 10.1 Å². The third-order valence-corrected chi connectivity index (χ3v) is 4.05. The molecule has 0 saturated carbocycles. The van der Waals surface area contributed by atoms with E-state index in [9.17, 15) is 9.59 Å². The van der Waals surface area contributed by atoms with Gasteiger partial charge in [-0.25, -0.2) is 10.2 Å². The van der Waals surface area contributed by atoms with Gasteiger partial charge in [-0.3, -0.25) is 18.9 Å². The average molecular weight is 340 g/mol. The van der Waals surface area contributed by atoms with Crippen LogP contribution in [0.5, 0.6) is 0 Å². The molecule has 0 bridgehead atoms. The van der Waals surface area contributed by atoms with Crippen molar-refractivity contribution >= 4 is 22.8 Å². The van der Waals surface area contributed by atoms with E-state index in [0.29, 0.717) is 23.7 Å². The maximum Gasteiger partial charge on any atom is 0.329 e. The lowest BCUT2D eigenvalue weighted by Gasteiger charge is -2.08. The number of rotatable bonds is 5. The van der Waals surface area contributed by atoms with Gasteiger partial charge in [0.25, 0.3) is 5.56 Å². The van der Waals surface area contributed by atoms with Crippen molar-refractivity contribution in [3.05, 3.63) is 56.7 Å². The van der Waals surface area contributed by atoms with Gasteiger partial charge in [0, 0.05) is 12.8 Å². The third kappa shape index (κ3) is 3.23. The van der Waals surface area contributed by atoms with Gasteiger partial charge in [-0.05, 0) is 18.9 Å². The molecule has 3 rings (SSSR count). The predicted octanol–water partition coefficient (Wildman–Crippen LogP) is 1.67. The Morgan fingerprint density at radius 3 is 2.68 bits per heavy atom. The zero-order valence-corrected chi connectivity index (χ0v) is 14.4. The maximum atomic E-state index is 12.4. The zero-order chi connectivity index (χ0) is 18.0. The molecule has 2 aromatic heterocycles. The van der Waals surface area contributed by atoms with E-state index in [2.05, 4.69) is 20.5 Å². The van der Waals surface area contributed by atoms with E-state index in [1.165, 1.54) is 4.57 Å². The molecule has 25 heavy (non-hydrogen) atoms. The van der Waals surface area contributed by atoms with Gasteiger partial charge < -0.3 is 0 Å². The molecule has 0 aliphatic carbocycles. The van der Waals surface area contributed by atoms with Crippen molar-refractivity contribution in [2.45, 2.75) is 26.8 Å². The number of hydrogen-bond acceptors (Lipinski definition) is 5. The Morgan fingerprint density at radius 1 is 1.28 bits per heavy atom. The topological polar surface area (TPSA) is 97.1 Å². The number of aryl methyl sites for hydroxylation is 1. The van der Waals surface area contributed by atoms with E-state index in [-0.39, 0.29) is 0 Å². The normalized spacial score (nSPS) is 11.9. The molecule has 2 N–H and O–H groups in total. The number of imidazole rings is 1. The van der Waals surface area contributed by atoms with Gasteiger partial charge in [-0.15, -0.1) is 0 Å². The van der Waals surface area contributed by atoms with Crippen LogP contribution in [0, 0.1) is 0 Å². The maximum absolute atomic E-state index is 12.4. The van der Waals surface area contributed by atoms with Crippen molar-refractivity contribution in [2.24, 2.45) is 12.1 Å². The first-order chi connectivity index (χ1) is 12.0. The van der Waals surface area contributed by atoms with Crippen molar-refractivity contribution in [1.82, 2.24) is 19.1 Å². The summed E-state index contributed by atoms with van der Waals surface area (Å²) >= 11 is 0. The largest absolute Gasteiger partial charge is 0.329 e. The Balaban J connectivity index is 2.21. The molecule has 130 valence electrons. The van der Waals surface area contributed by atoms with Crippen LogP contribution in [-0.2, 0) is 13.6 Å². The number of nitrogens with one attached hydrogen (secondary N) is 2. The number of H-pyrrole nitrogens is 1. The Bertz CT molecular complexity index is 1040. The van der Waals surface area contributed by atoms with Crippen LogP contribution in [0.25, 0.3) is 11.2 Å². The summed E-state index contributed by atoms with van der Waals surface area (Å²) in [6.45, 7) is 4.34. The number of anilines is 1. The summed E-state index contributed by atoms with van der Waals surface area (Å²) in [5.41, 5.74) is 4.51. The molecular weight excluding hydrogens is 320 g/mol. The van der Waals surface area contributed by atoms with Crippen molar-refractivity contribution in [3.8, 4) is 0 Å². The summed E-state index contributed by atoms with van der Waals surface area (Å²) in [6.07, 6.45) is 0.797. The monoisotopic (exact) mass is 340 g/mol. The molecule has 2 heterocycles. The molecule has 0 saturated heterocycles. The highest BCUT2D eigenvalue weighted by Crippen LogP contribution is 2.17.